The molecule has 0 radical (unpaired) electrons. The zero-order chi connectivity index (χ0) is 18.7. The molecule has 1 aromatic rings. The molecule has 2 aliphatic rings. The Bertz CT molecular complexity index is 680. The molecule has 0 aliphatic carbocycles. The van der Waals surface area contributed by atoms with Crippen molar-refractivity contribution in [3.8, 4) is 0 Å². The Labute approximate surface area is 177 Å². The second kappa shape index (κ2) is 9.97. The van der Waals surface area contributed by atoms with Crippen molar-refractivity contribution < 1.29 is 9.59 Å². The average Bonchev–Trinajstić information content (AvgIpc) is 3.11. The van der Waals surface area contributed by atoms with Crippen LogP contribution in [0.3, 0.4) is 0 Å². The molecule has 0 N–H and O–H groups in total. The second-order valence-electron chi connectivity index (χ2n) is 7.14. The molecule has 27 heavy (non-hydrogen) atoms. The largest absolute Gasteiger partial charge is 0.339 e. The number of hydrogen-bond donors (Lipinski definition) is 0. The molecule has 2 fully saturated rings. The number of carbonyl (C=O) groups excluding carboxylic acids is 2. The molecule has 5 nitrogen and oxygen atoms in total. The van der Waals surface area contributed by atoms with Gasteiger partial charge in [-0.1, -0.05) is 29.3 Å². The number of nitrogens with zero attached hydrogens (tertiary/aromatic N) is 3. The van der Waals surface area contributed by atoms with E-state index in [9.17, 15) is 9.59 Å². The summed E-state index contributed by atoms with van der Waals surface area (Å²) < 4.78 is 0. The van der Waals surface area contributed by atoms with Gasteiger partial charge in [0.25, 0.3) is 0 Å². The normalized spacial score (nSPS) is 20.5. The topological polar surface area (TPSA) is 43.9 Å². The van der Waals surface area contributed by atoms with Crippen molar-refractivity contribution in [1.29, 1.82) is 0 Å². The van der Waals surface area contributed by atoms with Crippen molar-refractivity contribution in [3.05, 3.63) is 33.8 Å². The predicted octanol–water partition coefficient (Wildman–Crippen LogP) is 3.11. The molecule has 0 unspecified atom stereocenters. The molecule has 2 saturated heterocycles. The van der Waals surface area contributed by atoms with E-state index in [4.69, 9.17) is 23.2 Å². The third-order valence-electron chi connectivity index (χ3n) is 5.26. The summed E-state index contributed by atoms with van der Waals surface area (Å²) in [6, 6.07) is 5.36. The lowest BCUT2D eigenvalue weighted by Gasteiger charge is -2.42. The Morgan fingerprint density at radius 2 is 1.78 bits per heavy atom. The van der Waals surface area contributed by atoms with Crippen LogP contribution in [0.4, 0.5) is 0 Å². The van der Waals surface area contributed by atoms with Crippen LogP contribution in [0, 0.1) is 0 Å². The molecule has 0 aromatic heterocycles. The standard InChI is InChI=1S/C19H25Cl2N3O2.ClH/c1-14(25)23-8-9-24(16(13-23)12-22-6-2-3-7-22)19(26)11-15-4-5-17(20)18(21)10-15;/h4-5,10,16H,2-3,6-9,11-13H2,1H3;1H/t16-;/m1./s1. The van der Waals surface area contributed by atoms with E-state index in [1.807, 2.05) is 15.9 Å². The summed E-state index contributed by atoms with van der Waals surface area (Å²) in [5.41, 5.74) is 0.860. The molecule has 8 heteroatoms. The highest BCUT2D eigenvalue weighted by Crippen LogP contribution is 2.24. The van der Waals surface area contributed by atoms with Crippen LogP contribution in [-0.2, 0) is 16.0 Å². The fraction of sp³-hybridized carbons (Fsp3) is 0.579. The highest BCUT2D eigenvalue weighted by molar-refractivity contribution is 6.42. The van der Waals surface area contributed by atoms with Crippen LogP contribution in [0.1, 0.15) is 25.3 Å². The SMILES string of the molecule is CC(=O)N1CCN(C(=O)Cc2ccc(Cl)c(Cl)c2)[C@H](CN2CCCC2)C1.Cl. The minimum atomic E-state index is 0. The molecule has 150 valence electrons. The summed E-state index contributed by atoms with van der Waals surface area (Å²) in [7, 11) is 0. The number of rotatable bonds is 4. The van der Waals surface area contributed by atoms with Crippen molar-refractivity contribution in [2.75, 3.05) is 39.3 Å². The molecule has 2 amide bonds. The van der Waals surface area contributed by atoms with Crippen LogP contribution >= 0.6 is 35.6 Å². The van der Waals surface area contributed by atoms with Gasteiger partial charge in [-0.05, 0) is 43.6 Å². The number of amides is 2. The number of carbonyl (C=O) groups is 2. The van der Waals surface area contributed by atoms with Gasteiger partial charge in [0.05, 0.1) is 22.5 Å². The molecule has 0 saturated carbocycles. The number of hydrogen-bond acceptors (Lipinski definition) is 3. The van der Waals surface area contributed by atoms with Gasteiger partial charge in [-0.2, -0.15) is 0 Å². The van der Waals surface area contributed by atoms with E-state index in [-0.39, 0.29) is 30.3 Å². The quantitative estimate of drug-likeness (QED) is 0.731. The van der Waals surface area contributed by atoms with Crippen molar-refractivity contribution in [2.24, 2.45) is 0 Å². The highest BCUT2D eigenvalue weighted by Gasteiger charge is 2.33. The monoisotopic (exact) mass is 433 g/mol. The van der Waals surface area contributed by atoms with E-state index in [1.165, 1.54) is 12.8 Å². The molecule has 3 rings (SSSR count). The lowest BCUT2D eigenvalue weighted by atomic mass is 10.1. The fourth-order valence-corrected chi connectivity index (χ4v) is 4.14. The fourth-order valence-electron chi connectivity index (χ4n) is 3.81. The molecule has 2 aliphatic heterocycles. The maximum absolute atomic E-state index is 13.0. The van der Waals surface area contributed by atoms with Gasteiger partial charge < -0.3 is 14.7 Å². The van der Waals surface area contributed by atoms with Gasteiger partial charge in [0.2, 0.25) is 11.8 Å². The van der Waals surface area contributed by atoms with Crippen LogP contribution in [0.2, 0.25) is 10.0 Å². The van der Waals surface area contributed by atoms with Gasteiger partial charge in [0.15, 0.2) is 0 Å². The molecule has 0 spiro atoms. The zero-order valence-electron chi connectivity index (χ0n) is 15.5. The first-order valence-electron chi connectivity index (χ1n) is 9.15. The third kappa shape index (κ3) is 5.74. The van der Waals surface area contributed by atoms with Crippen molar-refractivity contribution in [3.63, 3.8) is 0 Å². The summed E-state index contributed by atoms with van der Waals surface area (Å²) >= 11 is 12.0. The van der Waals surface area contributed by atoms with Gasteiger partial charge in [0.1, 0.15) is 0 Å². The second-order valence-corrected chi connectivity index (χ2v) is 7.95. The van der Waals surface area contributed by atoms with Crippen LogP contribution in [0.25, 0.3) is 0 Å². The van der Waals surface area contributed by atoms with Gasteiger partial charge in [-0.25, -0.2) is 0 Å². The van der Waals surface area contributed by atoms with E-state index in [1.54, 1.807) is 19.1 Å². The van der Waals surface area contributed by atoms with E-state index in [0.29, 0.717) is 36.1 Å². The average molecular weight is 435 g/mol. The Balaban J connectivity index is 0.00000261. The maximum atomic E-state index is 13.0. The molecule has 2 heterocycles. The first-order valence-corrected chi connectivity index (χ1v) is 9.91. The van der Waals surface area contributed by atoms with Crippen molar-refractivity contribution in [1.82, 2.24) is 14.7 Å². The van der Waals surface area contributed by atoms with Gasteiger partial charge >= 0.3 is 0 Å². The molecular formula is C19H26Cl3N3O2. The lowest BCUT2D eigenvalue weighted by molar-refractivity contribution is -0.142. The highest BCUT2D eigenvalue weighted by atomic mass is 35.5. The Morgan fingerprint density at radius 1 is 1.07 bits per heavy atom. The third-order valence-corrected chi connectivity index (χ3v) is 5.99. The first-order chi connectivity index (χ1) is 12.4. The Hall–Kier alpha value is -1.01. The van der Waals surface area contributed by atoms with Gasteiger partial charge in [-0.3, -0.25) is 9.59 Å². The van der Waals surface area contributed by atoms with Crippen LogP contribution in [0.5, 0.6) is 0 Å². The number of likely N-dealkylation sites (tertiary alicyclic amines) is 1. The minimum Gasteiger partial charge on any atom is -0.339 e. The van der Waals surface area contributed by atoms with Gasteiger partial charge in [-0.15, -0.1) is 12.4 Å². The Morgan fingerprint density at radius 3 is 2.41 bits per heavy atom. The van der Waals surface area contributed by atoms with E-state index >= 15 is 0 Å². The number of halogens is 3. The van der Waals surface area contributed by atoms with Crippen LogP contribution in [-0.4, -0.2) is 71.8 Å². The smallest absolute Gasteiger partial charge is 0.227 e. The number of piperazine rings is 1. The summed E-state index contributed by atoms with van der Waals surface area (Å²) in [6.07, 6.45) is 2.72. The molecular weight excluding hydrogens is 409 g/mol. The van der Waals surface area contributed by atoms with E-state index < -0.39 is 0 Å². The lowest BCUT2D eigenvalue weighted by Crippen LogP contribution is -2.59. The van der Waals surface area contributed by atoms with Crippen LogP contribution in [0.15, 0.2) is 18.2 Å². The van der Waals surface area contributed by atoms with Crippen LogP contribution < -0.4 is 0 Å². The van der Waals surface area contributed by atoms with E-state index in [2.05, 4.69) is 4.90 Å². The molecule has 1 atom stereocenters. The van der Waals surface area contributed by atoms with Crippen molar-refractivity contribution >= 4 is 47.4 Å². The minimum absolute atomic E-state index is 0. The predicted molar refractivity (Wildman–Crippen MR) is 111 cm³/mol. The van der Waals surface area contributed by atoms with Gasteiger partial charge in [0, 0.05) is 33.1 Å². The number of benzene rings is 1. The molecule has 0 bridgehead atoms. The summed E-state index contributed by atoms with van der Waals surface area (Å²) in [4.78, 5) is 30.9. The zero-order valence-corrected chi connectivity index (χ0v) is 17.8. The Kier molecular flexibility index (Phi) is 8.22. The molecule has 1 aromatic carbocycles. The summed E-state index contributed by atoms with van der Waals surface area (Å²) in [6.45, 7) is 6.37. The maximum Gasteiger partial charge on any atom is 0.227 e. The van der Waals surface area contributed by atoms with E-state index in [0.717, 1.165) is 25.2 Å². The van der Waals surface area contributed by atoms with Crippen molar-refractivity contribution in [2.45, 2.75) is 32.2 Å². The summed E-state index contributed by atoms with van der Waals surface area (Å²) in [5.74, 6) is 0.156. The summed E-state index contributed by atoms with van der Waals surface area (Å²) in [5, 5.41) is 0.955. The first kappa shape index (κ1) is 22.3.